The molecule has 0 aliphatic heterocycles. The molecule has 0 saturated carbocycles. The highest BCUT2D eigenvalue weighted by atomic mass is 15.2. The van der Waals surface area contributed by atoms with Crippen LogP contribution in [0.2, 0.25) is 0 Å². The third-order valence-electron chi connectivity index (χ3n) is 13.2. The van der Waals surface area contributed by atoms with Crippen LogP contribution >= 0.6 is 0 Å². The van der Waals surface area contributed by atoms with Crippen LogP contribution in [0.5, 0.6) is 0 Å². The summed E-state index contributed by atoms with van der Waals surface area (Å²) in [5.74, 6) is 0.648. The lowest BCUT2D eigenvalue weighted by Crippen LogP contribution is -2.03. The van der Waals surface area contributed by atoms with Gasteiger partial charge >= 0.3 is 0 Å². The molecule has 0 bridgehead atoms. The topological polar surface area (TPSA) is 40.6 Å². The Labute approximate surface area is 360 Å². The van der Waals surface area contributed by atoms with Crippen LogP contribution in [0.4, 0.5) is 0 Å². The zero-order chi connectivity index (χ0) is 41.2. The fourth-order valence-electron chi connectivity index (χ4n) is 10.3. The fourth-order valence-corrected chi connectivity index (χ4v) is 10.3. The Morgan fingerprint density at radius 2 is 0.778 bits per heavy atom. The van der Waals surface area contributed by atoms with Crippen molar-refractivity contribution in [3.63, 3.8) is 0 Å². The number of para-hydroxylation sites is 5. The van der Waals surface area contributed by atoms with Crippen molar-refractivity contribution in [3.8, 4) is 28.6 Å². The van der Waals surface area contributed by atoms with Crippen LogP contribution in [0.15, 0.2) is 212 Å². The molecule has 0 aliphatic carbocycles. The molecule has 0 fully saturated rings. The van der Waals surface area contributed by atoms with Crippen molar-refractivity contribution < 1.29 is 0 Å². The van der Waals surface area contributed by atoms with E-state index in [0.717, 1.165) is 66.2 Å². The van der Waals surface area contributed by atoms with Crippen molar-refractivity contribution >= 4 is 97.9 Å². The van der Waals surface area contributed by atoms with E-state index in [1.54, 1.807) is 0 Å². The molecule has 0 spiro atoms. The number of aromatic nitrogens is 5. The second-order valence-electron chi connectivity index (χ2n) is 16.6. The molecule has 0 unspecified atom stereocenters. The number of nitrogens with zero attached hydrogens (tertiary/aromatic N) is 5. The summed E-state index contributed by atoms with van der Waals surface area (Å²) in [5, 5.41) is 13.1. The predicted octanol–water partition coefficient (Wildman–Crippen LogP) is 14.9. The molecule has 14 rings (SSSR count). The average molecular weight is 802 g/mol. The summed E-state index contributed by atoms with van der Waals surface area (Å²) in [6.45, 7) is 0. The zero-order valence-electron chi connectivity index (χ0n) is 33.9. The van der Waals surface area contributed by atoms with Gasteiger partial charge in [0.1, 0.15) is 0 Å². The van der Waals surface area contributed by atoms with E-state index in [1.807, 2.05) is 0 Å². The summed E-state index contributed by atoms with van der Waals surface area (Å²) < 4.78 is 7.03. The maximum atomic E-state index is 5.51. The third-order valence-corrected chi connectivity index (χ3v) is 13.2. The summed E-state index contributed by atoms with van der Waals surface area (Å²) in [5.41, 5.74) is 12.0. The van der Waals surface area contributed by atoms with Gasteiger partial charge in [-0.2, -0.15) is 0 Å². The van der Waals surface area contributed by atoms with Crippen molar-refractivity contribution in [2.75, 3.05) is 0 Å². The van der Waals surface area contributed by atoms with E-state index in [9.17, 15) is 0 Å². The molecule has 0 amide bonds. The van der Waals surface area contributed by atoms with Crippen molar-refractivity contribution in [2.45, 2.75) is 0 Å². The van der Waals surface area contributed by atoms with E-state index in [-0.39, 0.29) is 0 Å². The number of hydrogen-bond acceptors (Lipinski definition) is 2. The van der Waals surface area contributed by atoms with E-state index in [2.05, 4.69) is 226 Å². The van der Waals surface area contributed by atoms with Crippen LogP contribution in [0.25, 0.3) is 126 Å². The number of benzene rings is 10. The predicted molar refractivity (Wildman–Crippen MR) is 263 cm³/mol. The van der Waals surface area contributed by atoms with Crippen molar-refractivity contribution in [3.05, 3.63) is 212 Å². The first kappa shape index (κ1) is 34.2. The molecule has 0 N–H and O–H groups in total. The van der Waals surface area contributed by atoms with Gasteiger partial charge in [-0.3, -0.25) is 4.57 Å². The van der Waals surface area contributed by atoms with Gasteiger partial charge in [0.2, 0.25) is 5.95 Å². The first-order chi connectivity index (χ1) is 31.2. The molecule has 63 heavy (non-hydrogen) atoms. The molecular formula is C58H35N5. The molecule has 4 heterocycles. The first-order valence-electron chi connectivity index (χ1n) is 21.5. The molecule has 292 valence electrons. The van der Waals surface area contributed by atoms with Crippen molar-refractivity contribution in [1.82, 2.24) is 23.7 Å². The molecule has 5 heteroatoms. The van der Waals surface area contributed by atoms with Crippen LogP contribution < -0.4 is 0 Å². The molecule has 0 saturated heterocycles. The molecular weight excluding hydrogens is 767 g/mol. The van der Waals surface area contributed by atoms with Crippen LogP contribution in [0.1, 0.15) is 0 Å². The monoisotopic (exact) mass is 801 g/mol. The van der Waals surface area contributed by atoms with Gasteiger partial charge in [0.15, 0.2) is 0 Å². The smallest absolute Gasteiger partial charge is 0.235 e. The van der Waals surface area contributed by atoms with Gasteiger partial charge in [0.25, 0.3) is 0 Å². The van der Waals surface area contributed by atoms with Gasteiger partial charge in [-0.15, -0.1) is 0 Å². The standard InChI is InChI=1S/C58H35N5/c1-2-16-41(17-3-1)61-51-23-11-7-18-43(51)47-32-39(27-29-54(47)61)57-46-21-6-10-22-50(46)59-58(60-57)63-53-25-13-9-20-45(53)49-33-40-30-42(28-26-38(40)35-56(49)63)62-52-24-12-8-19-44(52)48-31-36-14-4-5-15-37(36)34-55(48)62/h1-35H. The van der Waals surface area contributed by atoms with Gasteiger partial charge in [-0.05, 0) is 106 Å². The van der Waals surface area contributed by atoms with E-state index >= 15 is 0 Å². The van der Waals surface area contributed by atoms with E-state index in [0.29, 0.717) is 5.95 Å². The Bertz CT molecular complexity index is 4210. The lowest BCUT2D eigenvalue weighted by Gasteiger charge is -2.13. The SMILES string of the molecule is c1ccc(-n2c3ccccc3c3cc(-c4nc(-n5c6ccccc6c6cc7cc(-n8c9ccccc9c9cc%10ccccc%10cc98)ccc7cc65)nc5ccccc45)ccc32)cc1. The maximum absolute atomic E-state index is 5.51. The molecule has 5 nitrogen and oxygen atoms in total. The molecule has 14 aromatic rings. The van der Waals surface area contributed by atoms with Crippen LogP contribution in [0, 0.1) is 0 Å². The highest BCUT2D eigenvalue weighted by molar-refractivity contribution is 6.16. The summed E-state index contributed by atoms with van der Waals surface area (Å²) in [6.07, 6.45) is 0. The minimum Gasteiger partial charge on any atom is -0.309 e. The van der Waals surface area contributed by atoms with Crippen LogP contribution in [-0.4, -0.2) is 23.7 Å². The lowest BCUT2D eigenvalue weighted by atomic mass is 10.0. The first-order valence-corrected chi connectivity index (χ1v) is 21.5. The second-order valence-corrected chi connectivity index (χ2v) is 16.6. The van der Waals surface area contributed by atoms with Gasteiger partial charge < -0.3 is 9.13 Å². The van der Waals surface area contributed by atoms with E-state index in [1.165, 1.54) is 54.3 Å². The fraction of sp³-hybridized carbons (Fsp3) is 0. The van der Waals surface area contributed by atoms with Crippen LogP contribution in [0.3, 0.4) is 0 Å². The highest BCUT2D eigenvalue weighted by Crippen LogP contribution is 2.40. The number of rotatable bonds is 4. The second kappa shape index (κ2) is 13.0. The molecule has 0 radical (unpaired) electrons. The van der Waals surface area contributed by atoms with Crippen LogP contribution in [-0.2, 0) is 0 Å². The number of hydrogen-bond donors (Lipinski definition) is 0. The van der Waals surface area contributed by atoms with Gasteiger partial charge in [-0.25, -0.2) is 9.97 Å². The van der Waals surface area contributed by atoms with Gasteiger partial charge in [0.05, 0.1) is 44.3 Å². The number of fused-ring (bicyclic) bond motifs is 12. The summed E-state index contributed by atoms with van der Waals surface area (Å²) >= 11 is 0. The van der Waals surface area contributed by atoms with Crippen molar-refractivity contribution in [1.29, 1.82) is 0 Å². The largest absolute Gasteiger partial charge is 0.309 e. The summed E-state index contributed by atoms with van der Waals surface area (Å²) in [7, 11) is 0. The molecule has 4 aromatic heterocycles. The minimum absolute atomic E-state index is 0.648. The third kappa shape index (κ3) is 4.99. The molecule has 0 atom stereocenters. The average Bonchev–Trinajstić information content (AvgIpc) is 3.97. The van der Waals surface area contributed by atoms with Gasteiger partial charge in [0, 0.05) is 54.6 Å². The summed E-state index contributed by atoms with van der Waals surface area (Å²) in [6, 6.07) is 76.7. The maximum Gasteiger partial charge on any atom is 0.235 e. The van der Waals surface area contributed by atoms with E-state index < -0.39 is 0 Å². The molecule has 10 aromatic carbocycles. The Morgan fingerprint density at radius 3 is 1.49 bits per heavy atom. The quantitative estimate of drug-likeness (QED) is 0.178. The summed E-state index contributed by atoms with van der Waals surface area (Å²) in [4.78, 5) is 10.8. The zero-order valence-corrected chi connectivity index (χ0v) is 33.9. The Morgan fingerprint density at radius 1 is 0.270 bits per heavy atom. The van der Waals surface area contributed by atoms with Gasteiger partial charge in [-0.1, -0.05) is 127 Å². The highest BCUT2D eigenvalue weighted by Gasteiger charge is 2.20. The Balaban J connectivity index is 0.975. The lowest BCUT2D eigenvalue weighted by molar-refractivity contribution is 1.01. The Kier molecular flexibility index (Phi) is 7.05. The molecule has 0 aliphatic rings. The Hall–Kier alpha value is -8.54. The van der Waals surface area contributed by atoms with E-state index in [4.69, 9.17) is 9.97 Å². The van der Waals surface area contributed by atoms with Crippen molar-refractivity contribution in [2.24, 2.45) is 0 Å². The normalized spacial score (nSPS) is 12.1. The minimum atomic E-state index is 0.648.